The maximum Gasteiger partial charge on any atom is 0.333 e. The van der Waals surface area contributed by atoms with E-state index in [9.17, 15) is 14.9 Å². The third-order valence-electron chi connectivity index (χ3n) is 3.15. The molecule has 0 amide bonds. The Kier molecular flexibility index (Phi) is 4.77. The van der Waals surface area contributed by atoms with Crippen LogP contribution in [0.4, 0.5) is 5.69 Å². The van der Waals surface area contributed by atoms with Gasteiger partial charge in [0.25, 0.3) is 5.69 Å². The van der Waals surface area contributed by atoms with Crippen LogP contribution in [0.15, 0.2) is 42.7 Å². The lowest BCUT2D eigenvalue weighted by Gasteiger charge is -2.17. The highest BCUT2D eigenvalue weighted by Gasteiger charge is 2.25. The molecule has 1 atom stereocenters. The second-order valence-corrected chi connectivity index (χ2v) is 4.50. The van der Waals surface area contributed by atoms with Crippen molar-refractivity contribution in [2.24, 2.45) is 0 Å². The SMILES string of the molecule is CCOC(=O)C(c1ccc(OC)cc1)n1ccc([N+](=O)[O-])c1. The Morgan fingerprint density at radius 3 is 2.50 bits per heavy atom. The molecule has 0 aliphatic carbocycles. The quantitative estimate of drug-likeness (QED) is 0.465. The zero-order valence-corrected chi connectivity index (χ0v) is 12.3. The third-order valence-corrected chi connectivity index (χ3v) is 3.15. The van der Waals surface area contributed by atoms with Crippen molar-refractivity contribution in [3.05, 3.63) is 58.4 Å². The van der Waals surface area contributed by atoms with Crippen LogP contribution in [0.2, 0.25) is 0 Å². The van der Waals surface area contributed by atoms with E-state index >= 15 is 0 Å². The number of carbonyl (C=O) groups excluding carboxylic acids is 1. The minimum atomic E-state index is -0.778. The number of hydrogen-bond donors (Lipinski definition) is 0. The number of nitrogens with zero attached hydrogens (tertiary/aromatic N) is 2. The van der Waals surface area contributed by atoms with Crippen LogP contribution in [0.25, 0.3) is 0 Å². The van der Waals surface area contributed by atoms with Crippen molar-refractivity contribution in [3.63, 3.8) is 0 Å². The summed E-state index contributed by atoms with van der Waals surface area (Å²) < 4.78 is 11.6. The summed E-state index contributed by atoms with van der Waals surface area (Å²) in [4.78, 5) is 22.5. The molecule has 2 rings (SSSR count). The Morgan fingerprint density at radius 2 is 2.00 bits per heavy atom. The first-order valence-corrected chi connectivity index (χ1v) is 6.69. The van der Waals surface area contributed by atoms with E-state index in [2.05, 4.69) is 0 Å². The van der Waals surface area contributed by atoms with Crippen molar-refractivity contribution >= 4 is 11.7 Å². The molecule has 0 radical (unpaired) electrons. The van der Waals surface area contributed by atoms with E-state index < -0.39 is 16.9 Å². The van der Waals surface area contributed by atoms with E-state index in [1.54, 1.807) is 38.3 Å². The lowest BCUT2D eigenvalue weighted by molar-refractivity contribution is -0.384. The molecule has 1 heterocycles. The Labute approximate surface area is 127 Å². The Balaban J connectivity index is 2.40. The van der Waals surface area contributed by atoms with Gasteiger partial charge < -0.3 is 14.0 Å². The van der Waals surface area contributed by atoms with Gasteiger partial charge in [0.15, 0.2) is 6.04 Å². The van der Waals surface area contributed by atoms with Gasteiger partial charge in [-0.15, -0.1) is 0 Å². The first-order valence-electron chi connectivity index (χ1n) is 6.69. The molecule has 22 heavy (non-hydrogen) atoms. The molecular weight excluding hydrogens is 288 g/mol. The highest BCUT2D eigenvalue weighted by atomic mass is 16.6. The highest BCUT2D eigenvalue weighted by Crippen LogP contribution is 2.25. The van der Waals surface area contributed by atoms with Crippen LogP contribution in [-0.4, -0.2) is 29.2 Å². The van der Waals surface area contributed by atoms with E-state index in [1.807, 2.05) is 0 Å². The standard InChI is InChI=1S/C15H16N2O5/c1-3-22-15(18)14(11-4-6-13(21-2)7-5-11)16-9-8-12(10-16)17(19)20/h4-10,14H,3H2,1-2H3. The monoisotopic (exact) mass is 304 g/mol. The number of benzene rings is 1. The molecule has 116 valence electrons. The largest absolute Gasteiger partial charge is 0.497 e. The summed E-state index contributed by atoms with van der Waals surface area (Å²) in [5, 5.41) is 10.8. The number of methoxy groups -OCH3 is 1. The fraction of sp³-hybridized carbons (Fsp3) is 0.267. The predicted molar refractivity (Wildman–Crippen MR) is 78.9 cm³/mol. The first-order chi connectivity index (χ1) is 10.6. The fourth-order valence-corrected chi connectivity index (χ4v) is 2.11. The number of nitro groups is 1. The van der Waals surface area contributed by atoms with Gasteiger partial charge in [0.05, 0.1) is 24.8 Å². The molecule has 0 N–H and O–H groups in total. The fourth-order valence-electron chi connectivity index (χ4n) is 2.11. The second-order valence-electron chi connectivity index (χ2n) is 4.50. The van der Waals surface area contributed by atoms with Gasteiger partial charge >= 0.3 is 5.97 Å². The van der Waals surface area contributed by atoms with E-state index in [0.717, 1.165) is 0 Å². The van der Waals surface area contributed by atoms with Crippen LogP contribution in [-0.2, 0) is 9.53 Å². The zero-order chi connectivity index (χ0) is 16.1. The first kappa shape index (κ1) is 15.6. The van der Waals surface area contributed by atoms with Crippen molar-refractivity contribution in [1.82, 2.24) is 4.57 Å². The van der Waals surface area contributed by atoms with Gasteiger partial charge in [-0.3, -0.25) is 10.1 Å². The van der Waals surface area contributed by atoms with Crippen LogP contribution >= 0.6 is 0 Å². The van der Waals surface area contributed by atoms with Gasteiger partial charge in [-0.1, -0.05) is 12.1 Å². The summed E-state index contributed by atoms with van der Waals surface area (Å²) in [5.74, 6) is 0.183. The molecule has 1 aromatic heterocycles. The van der Waals surface area contributed by atoms with Gasteiger partial charge in [0.1, 0.15) is 5.75 Å². The maximum absolute atomic E-state index is 12.2. The molecular formula is C15H16N2O5. The molecule has 2 aromatic rings. The smallest absolute Gasteiger partial charge is 0.333 e. The summed E-state index contributed by atoms with van der Waals surface area (Å²) >= 11 is 0. The number of aromatic nitrogens is 1. The van der Waals surface area contributed by atoms with Gasteiger partial charge in [0.2, 0.25) is 0 Å². The minimum Gasteiger partial charge on any atom is -0.497 e. The van der Waals surface area contributed by atoms with Crippen LogP contribution in [0, 0.1) is 10.1 Å². The number of ether oxygens (including phenoxy) is 2. The average molecular weight is 304 g/mol. The minimum absolute atomic E-state index is 0.0807. The van der Waals surface area contributed by atoms with Crippen molar-refractivity contribution in [2.75, 3.05) is 13.7 Å². The number of carbonyl (C=O) groups is 1. The molecule has 0 aliphatic heterocycles. The van der Waals surface area contributed by atoms with Crippen molar-refractivity contribution in [1.29, 1.82) is 0 Å². The highest BCUT2D eigenvalue weighted by molar-refractivity contribution is 5.78. The van der Waals surface area contributed by atoms with E-state index in [-0.39, 0.29) is 12.3 Å². The van der Waals surface area contributed by atoms with Crippen LogP contribution in [0.1, 0.15) is 18.5 Å². The zero-order valence-electron chi connectivity index (χ0n) is 12.3. The van der Waals surface area contributed by atoms with Gasteiger partial charge in [-0.2, -0.15) is 0 Å². The van der Waals surface area contributed by atoms with Crippen LogP contribution in [0.5, 0.6) is 5.75 Å². The molecule has 0 saturated heterocycles. The molecule has 0 saturated carbocycles. The summed E-state index contributed by atoms with van der Waals surface area (Å²) in [6.07, 6.45) is 2.80. The average Bonchev–Trinajstić information content (AvgIpc) is 2.98. The molecule has 0 bridgehead atoms. The van der Waals surface area contributed by atoms with Gasteiger partial charge in [-0.25, -0.2) is 4.79 Å². The second kappa shape index (κ2) is 6.75. The maximum atomic E-state index is 12.2. The lowest BCUT2D eigenvalue weighted by atomic mass is 10.1. The summed E-state index contributed by atoms with van der Waals surface area (Å²) in [6, 6.07) is 7.47. The Hall–Kier alpha value is -2.83. The normalized spacial score (nSPS) is 11.7. The van der Waals surface area contributed by atoms with Crippen LogP contribution in [0.3, 0.4) is 0 Å². The predicted octanol–water partition coefficient (Wildman–Crippen LogP) is 2.56. The topological polar surface area (TPSA) is 83.6 Å². The molecule has 7 nitrogen and oxygen atoms in total. The van der Waals surface area contributed by atoms with Crippen LogP contribution < -0.4 is 4.74 Å². The summed E-state index contributed by atoms with van der Waals surface area (Å²) in [6.45, 7) is 1.94. The summed E-state index contributed by atoms with van der Waals surface area (Å²) in [5.41, 5.74) is 0.576. The molecule has 1 aromatic carbocycles. The Bertz CT molecular complexity index is 663. The molecule has 7 heteroatoms. The molecule has 1 unspecified atom stereocenters. The molecule has 0 aliphatic rings. The van der Waals surface area contributed by atoms with E-state index in [0.29, 0.717) is 11.3 Å². The third kappa shape index (κ3) is 3.25. The Morgan fingerprint density at radius 1 is 1.32 bits per heavy atom. The van der Waals surface area contributed by atoms with E-state index in [1.165, 1.54) is 23.0 Å². The van der Waals surface area contributed by atoms with Gasteiger partial charge in [0, 0.05) is 12.3 Å². The number of hydrogen-bond acceptors (Lipinski definition) is 5. The molecule has 0 spiro atoms. The number of rotatable bonds is 6. The number of esters is 1. The van der Waals surface area contributed by atoms with Gasteiger partial charge in [-0.05, 0) is 24.6 Å². The molecule has 0 fully saturated rings. The lowest BCUT2D eigenvalue weighted by Crippen LogP contribution is -2.22. The van der Waals surface area contributed by atoms with Crippen molar-refractivity contribution < 1.29 is 19.2 Å². The summed E-state index contributed by atoms with van der Waals surface area (Å²) in [7, 11) is 1.55. The van der Waals surface area contributed by atoms with Crippen molar-refractivity contribution in [3.8, 4) is 5.75 Å². The van der Waals surface area contributed by atoms with Crippen molar-refractivity contribution in [2.45, 2.75) is 13.0 Å². The van der Waals surface area contributed by atoms with E-state index in [4.69, 9.17) is 9.47 Å².